The van der Waals surface area contributed by atoms with Crippen molar-refractivity contribution in [2.45, 2.75) is 46.2 Å². The zero-order chi connectivity index (χ0) is 14.0. The van der Waals surface area contributed by atoms with Crippen molar-refractivity contribution >= 4 is 5.91 Å². The number of carbonyl (C=O) groups is 1. The molecule has 1 amide bonds. The summed E-state index contributed by atoms with van der Waals surface area (Å²) >= 11 is 0. The van der Waals surface area contributed by atoms with Gasteiger partial charge in [-0.1, -0.05) is 6.92 Å². The largest absolute Gasteiger partial charge is 0.337 e. The Hall–Kier alpha value is -1.36. The number of carbonyl (C=O) groups excluding carboxylic acids is 1. The predicted molar refractivity (Wildman–Crippen MR) is 74.9 cm³/mol. The molecule has 1 aliphatic heterocycles. The van der Waals surface area contributed by atoms with Crippen LogP contribution in [0.3, 0.4) is 0 Å². The van der Waals surface area contributed by atoms with Crippen LogP contribution in [0.4, 0.5) is 0 Å². The highest BCUT2D eigenvalue weighted by atomic mass is 16.2. The highest BCUT2D eigenvalue weighted by Gasteiger charge is 2.30. The maximum atomic E-state index is 12.5. The van der Waals surface area contributed by atoms with Crippen LogP contribution in [0.2, 0.25) is 0 Å². The molecule has 0 saturated carbocycles. The molecule has 5 heteroatoms. The molecule has 1 aliphatic rings. The van der Waals surface area contributed by atoms with Gasteiger partial charge in [-0.2, -0.15) is 5.10 Å². The Morgan fingerprint density at radius 2 is 2.32 bits per heavy atom. The van der Waals surface area contributed by atoms with Gasteiger partial charge in [-0.05, 0) is 38.7 Å². The third-order valence-corrected chi connectivity index (χ3v) is 3.97. The molecule has 0 aromatic carbocycles. The highest BCUT2D eigenvalue weighted by Crippen LogP contribution is 2.21. The number of aromatic nitrogens is 2. The Balaban J connectivity index is 2.14. The maximum absolute atomic E-state index is 12.5. The molecular formula is C14H24N4O. The molecule has 1 aromatic rings. The summed E-state index contributed by atoms with van der Waals surface area (Å²) in [5, 5.41) is 4.44. The summed E-state index contributed by atoms with van der Waals surface area (Å²) in [5.74, 6) is 0.518. The average Bonchev–Trinajstić information content (AvgIpc) is 3.04. The molecule has 2 unspecified atom stereocenters. The van der Waals surface area contributed by atoms with E-state index in [-0.39, 0.29) is 11.9 Å². The zero-order valence-corrected chi connectivity index (χ0v) is 12.1. The molecule has 2 N–H and O–H groups in total. The quantitative estimate of drug-likeness (QED) is 0.891. The molecule has 1 saturated heterocycles. The minimum atomic E-state index is 0.0946. The van der Waals surface area contributed by atoms with Gasteiger partial charge in [0, 0.05) is 25.7 Å². The molecule has 0 aliphatic carbocycles. The first-order valence-corrected chi connectivity index (χ1v) is 7.18. The van der Waals surface area contributed by atoms with E-state index in [1.54, 1.807) is 4.68 Å². The van der Waals surface area contributed by atoms with Gasteiger partial charge in [-0.15, -0.1) is 0 Å². The summed E-state index contributed by atoms with van der Waals surface area (Å²) in [6.45, 7) is 8.39. The van der Waals surface area contributed by atoms with Gasteiger partial charge in [-0.3, -0.25) is 9.48 Å². The van der Waals surface area contributed by atoms with Crippen LogP contribution in [-0.2, 0) is 13.0 Å². The van der Waals surface area contributed by atoms with E-state index >= 15 is 0 Å². The lowest BCUT2D eigenvalue weighted by Gasteiger charge is -2.18. The van der Waals surface area contributed by atoms with Gasteiger partial charge < -0.3 is 10.6 Å². The van der Waals surface area contributed by atoms with Crippen molar-refractivity contribution in [1.82, 2.24) is 14.7 Å². The van der Waals surface area contributed by atoms with Crippen LogP contribution in [0.1, 0.15) is 43.4 Å². The molecule has 0 spiro atoms. The van der Waals surface area contributed by atoms with E-state index in [1.807, 2.05) is 24.8 Å². The predicted octanol–water partition coefficient (Wildman–Crippen LogP) is 1.27. The zero-order valence-electron chi connectivity index (χ0n) is 12.1. The summed E-state index contributed by atoms with van der Waals surface area (Å²) in [6.07, 6.45) is 1.86. The number of amides is 1. The molecule has 2 heterocycles. The summed E-state index contributed by atoms with van der Waals surface area (Å²) in [4.78, 5) is 14.5. The van der Waals surface area contributed by atoms with Crippen molar-refractivity contribution in [2.24, 2.45) is 11.7 Å². The first kappa shape index (κ1) is 14.1. The lowest BCUT2D eigenvalue weighted by Crippen LogP contribution is -2.34. The van der Waals surface area contributed by atoms with Crippen molar-refractivity contribution in [2.75, 3.05) is 13.1 Å². The molecule has 2 atom stereocenters. The molecule has 2 rings (SSSR count). The van der Waals surface area contributed by atoms with Crippen molar-refractivity contribution < 1.29 is 4.79 Å². The standard InChI is InChI=1S/C14H24N4O/c1-4-12-8-13(18(5-2)16-12)14(19)17-7-6-11(9-17)10(3)15/h8,10-11H,4-7,9,15H2,1-3H3. The first-order chi connectivity index (χ1) is 9.06. The minimum Gasteiger partial charge on any atom is -0.337 e. The Kier molecular flexibility index (Phi) is 4.24. The SMILES string of the molecule is CCc1cc(C(=O)N2CCC(C(C)N)C2)n(CC)n1. The normalized spacial score (nSPS) is 20.8. The van der Waals surface area contributed by atoms with E-state index in [4.69, 9.17) is 5.73 Å². The number of hydrogen-bond donors (Lipinski definition) is 1. The van der Waals surface area contributed by atoms with Crippen LogP contribution in [0, 0.1) is 5.92 Å². The van der Waals surface area contributed by atoms with Crippen molar-refractivity contribution in [1.29, 1.82) is 0 Å². The van der Waals surface area contributed by atoms with E-state index in [0.29, 0.717) is 11.6 Å². The molecule has 0 radical (unpaired) electrons. The van der Waals surface area contributed by atoms with E-state index in [2.05, 4.69) is 12.0 Å². The fourth-order valence-electron chi connectivity index (χ4n) is 2.62. The number of nitrogens with zero attached hydrogens (tertiary/aromatic N) is 3. The van der Waals surface area contributed by atoms with Crippen molar-refractivity contribution in [3.05, 3.63) is 17.5 Å². The van der Waals surface area contributed by atoms with E-state index in [1.165, 1.54) is 0 Å². The summed E-state index contributed by atoms with van der Waals surface area (Å²) < 4.78 is 1.81. The van der Waals surface area contributed by atoms with Crippen molar-refractivity contribution in [3.63, 3.8) is 0 Å². The molecule has 106 valence electrons. The van der Waals surface area contributed by atoms with Gasteiger partial charge in [0.2, 0.25) is 0 Å². The fraction of sp³-hybridized carbons (Fsp3) is 0.714. The number of aryl methyl sites for hydroxylation is 2. The third-order valence-electron chi connectivity index (χ3n) is 3.97. The molecule has 5 nitrogen and oxygen atoms in total. The monoisotopic (exact) mass is 264 g/mol. The second kappa shape index (κ2) is 5.74. The second-order valence-electron chi connectivity index (χ2n) is 5.35. The molecule has 0 bridgehead atoms. The lowest BCUT2D eigenvalue weighted by atomic mass is 10.0. The smallest absolute Gasteiger partial charge is 0.272 e. The number of rotatable bonds is 4. The van der Waals surface area contributed by atoms with Crippen LogP contribution in [0.5, 0.6) is 0 Å². The number of likely N-dealkylation sites (tertiary alicyclic amines) is 1. The second-order valence-corrected chi connectivity index (χ2v) is 5.35. The lowest BCUT2D eigenvalue weighted by molar-refractivity contribution is 0.0773. The van der Waals surface area contributed by atoms with Gasteiger partial charge in [0.05, 0.1) is 5.69 Å². The molecule has 1 aromatic heterocycles. The summed E-state index contributed by atoms with van der Waals surface area (Å²) in [7, 11) is 0. The maximum Gasteiger partial charge on any atom is 0.272 e. The third kappa shape index (κ3) is 2.81. The first-order valence-electron chi connectivity index (χ1n) is 7.18. The topological polar surface area (TPSA) is 64.2 Å². The van der Waals surface area contributed by atoms with Crippen LogP contribution in [0.25, 0.3) is 0 Å². The summed E-state index contributed by atoms with van der Waals surface area (Å²) in [6, 6.07) is 2.07. The van der Waals surface area contributed by atoms with Crippen molar-refractivity contribution in [3.8, 4) is 0 Å². The van der Waals surface area contributed by atoms with Gasteiger partial charge in [-0.25, -0.2) is 0 Å². The number of nitrogens with two attached hydrogens (primary N) is 1. The van der Waals surface area contributed by atoms with E-state index in [0.717, 1.165) is 38.2 Å². The van der Waals surface area contributed by atoms with E-state index < -0.39 is 0 Å². The highest BCUT2D eigenvalue weighted by molar-refractivity contribution is 5.93. The van der Waals surface area contributed by atoms with Crippen LogP contribution >= 0.6 is 0 Å². The Bertz CT molecular complexity index is 452. The van der Waals surface area contributed by atoms with Gasteiger partial charge >= 0.3 is 0 Å². The minimum absolute atomic E-state index is 0.0946. The number of hydrogen-bond acceptors (Lipinski definition) is 3. The molecule has 19 heavy (non-hydrogen) atoms. The fourth-order valence-corrected chi connectivity index (χ4v) is 2.62. The van der Waals surface area contributed by atoms with Gasteiger partial charge in [0.15, 0.2) is 0 Å². The molecule has 1 fully saturated rings. The van der Waals surface area contributed by atoms with E-state index in [9.17, 15) is 4.79 Å². The van der Waals surface area contributed by atoms with Crippen LogP contribution in [0.15, 0.2) is 6.07 Å². The Labute approximate surface area is 114 Å². The van der Waals surface area contributed by atoms with Crippen LogP contribution in [-0.4, -0.2) is 39.7 Å². The van der Waals surface area contributed by atoms with Gasteiger partial charge in [0.1, 0.15) is 5.69 Å². The molecular weight excluding hydrogens is 240 g/mol. The Morgan fingerprint density at radius 1 is 1.58 bits per heavy atom. The Morgan fingerprint density at radius 3 is 2.84 bits per heavy atom. The average molecular weight is 264 g/mol. The van der Waals surface area contributed by atoms with Gasteiger partial charge in [0.25, 0.3) is 5.91 Å². The summed E-state index contributed by atoms with van der Waals surface area (Å²) in [5.41, 5.74) is 7.62. The van der Waals surface area contributed by atoms with Crippen LogP contribution < -0.4 is 5.73 Å².